The van der Waals surface area contributed by atoms with E-state index in [9.17, 15) is 4.79 Å². The molecule has 0 aromatic heterocycles. The van der Waals surface area contributed by atoms with E-state index in [1.54, 1.807) is 6.26 Å². The van der Waals surface area contributed by atoms with E-state index < -0.39 is 0 Å². The number of allylic oxidation sites excluding steroid dienone is 5. The molecule has 1 aliphatic heterocycles. The fourth-order valence-electron chi connectivity index (χ4n) is 3.57. The standard InChI is InChI=1S/C23H38N2O2/c1-5-7-9-20(10-8-14-27-13-6-2)21-16-23(25(18-21)11-12-26)17-22(24)15-19(3)4/h7-10,12,14-15,21-23H,5-6,11,13,16-18,24H2,1-4H3/b9-7-,14-8+,20-10+/t21-,22-,23-/m1/s1. The van der Waals surface area contributed by atoms with Gasteiger partial charge in [-0.05, 0) is 57.1 Å². The molecule has 0 radical (unpaired) electrons. The first kappa shape index (κ1) is 23.4. The van der Waals surface area contributed by atoms with Crippen LogP contribution in [0.4, 0.5) is 0 Å². The van der Waals surface area contributed by atoms with Crippen LogP contribution in [0.1, 0.15) is 53.4 Å². The van der Waals surface area contributed by atoms with E-state index in [1.165, 1.54) is 11.1 Å². The molecule has 1 fully saturated rings. The Bertz CT molecular complexity index is 545. The summed E-state index contributed by atoms with van der Waals surface area (Å²) in [5, 5.41) is 0. The molecule has 0 unspecified atom stereocenters. The summed E-state index contributed by atoms with van der Waals surface area (Å²) in [6, 6.07) is 0.374. The molecular weight excluding hydrogens is 336 g/mol. The number of hydrogen-bond donors (Lipinski definition) is 1. The molecule has 2 N–H and O–H groups in total. The van der Waals surface area contributed by atoms with Gasteiger partial charge in [0.05, 0.1) is 19.4 Å². The average Bonchev–Trinajstić information content (AvgIpc) is 2.99. The zero-order valence-electron chi connectivity index (χ0n) is 17.6. The Hall–Kier alpha value is -1.65. The molecule has 4 heteroatoms. The van der Waals surface area contributed by atoms with Crippen LogP contribution in [0, 0.1) is 5.92 Å². The third-order valence-electron chi connectivity index (χ3n) is 4.73. The lowest BCUT2D eigenvalue weighted by molar-refractivity contribution is -0.109. The number of nitrogens with zero attached hydrogens (tertiary/aromatic N) is 1. The van der Waals surface area contributed by atoms with Crippen molar-refractivity contribution >= 4 is 6.29 Å². The predicted molar refractivity (Wildman–Crippen MR) is 114 cm³/mol. The lowest BCUT2D eigenvalue weighted by atomic mass is 9.93. The molecule has 4 nitrogen and oxygen atoms in total. The van der Waals surface area contributed by atoms with Gasteiger partial charge >= 0.3 is 0 Å². The van der Waals surface area contributed by atoms with E-state index >= 15 is 0 Å². The Morgan fingerprint density at radius 1 is 1.33 bits per heavy atom. The molecule has 0 aliphatic carbocycles. The van der Waals surface area contributed by atoms with Gasteiger partial charge in [0.25, 0.3) is 0 Å². The van der Waals surface area contributed by atoms with Crippen molar-refractivity contribution in [1.82, 2.24) is 4.90 Å². The molecule has 27 heavy (non-hydrogen) atoms. The zero-order chi connectivity index (χ0) is 20.1. The van der Waals surface area contributed by atoms with E-state index in [0.29, 0.717) is 18.5 Å². The topological polar surface area (TPSA) is 55.6 Å². The molecule has 1 aliphatic rings. The third kappa shape index (κ3) is 9.21. The first-order valence-corrected chi connectivity index (χ1v) is 10.2. The van der Waals surface area contributed by atoms with Crippen LogP contribution in [0.3, 0.4) is 0 Å². The number of rotatable bonds is 12. The molecule has 1 saturated heterocycles. The Balaban J connectivity index is 2.87. The van der Waals surface area contributed by atoms with E-state index in [0.717, 1.165) is 45.1 Å². The second-order valence-corrected chi connectivity index (χ2v) is 7.53. The van der Waals surface area contributed by atoms with Gasteiger partial charge in [-0.25, -0.2) is 0 Å². The van der Waals surface area contributed by atoms with E-state index in [4.69, 9.17) is 10.5 Å². The summed E-state index contributed by atoms with van der Waals surface area (Å²) in [5.74, 6) is 0.410. The Morgan fingerprint density at radius 2 is 2.11 bits per heavy atom. The van der Waals surface area contributed by atoms with Gasteiger partial charge in [-0.15, -0.1) is 0 Å². The summed E-state index contributed by atoms with van der Waals surface area (Å²) in [5.41, 5.74) is 8.83. The van der Waals surface area contributed by atoms with Crippen molar-refractivity contribution in [3.05, 3.63) is 47.8 Å². The van der Waals surface area contributed by atoms with Crippen LogP contribution >= 0.6 is 0 Å². The third-order valence-corrected chi connectivity index (χ3v) is 4.73. The van der Waals surface area contributed by atoms with Crippen LogP contribution in [-0.2, 0) is 9.53 Å². The van der Waals surface area contributed by atoms with Gasteiger partial charge in [0.2, 0.25) is 0 Å². The SMILES string of the molecule is CC\C=C/C(=C\C=C\OCCC)[C@@H]1C[C@H](C[C@H](N)C=C(C)C)N(CC=O)C1. The zero-order valence-corrected chi connectivity index (χ0v) is 17.6. The van der Waals surface area contributed by atoms with Gasteiger partial charge in [0.1, 0.15) is 6.29 Å². The molecule has 1 rings (SSSR count). The number of carbonyl (C=O) groups excluding carboxylic acids is 1. The summed E-state index contributed by atoms with van der Waals surface area (Å²) >= 11 is 0. The normalized spacial score (nSPS) is 22.5. The molecule has 0 amide bonds. The van der Waals surface area contributed by atoms with Gasteiger partial charge < -0.3 is 15.3 Å². The maximum atomic E-state index is 11.1. The van der Waals surface area contributed by atoms with E-state index in [2.05, 4.69) is 56.9 Å². The van der Waals surface area contributed by atoms with Crippen LogP contribution in [0.5, 0.6) is 0 Å². The molecule has 3 atom stereocenters. The first-order valence-electron chi connectivity index (χ1n) is 10.2. The Kier molecular flexibility index (Phi) is 11.7. The number of carbonyl (C=O) groups is 1. The maximum absolute atomic E-state index is 11.1. The molecule has 0 aromatic carbocycles. The molecule has 0 spiro atoms. The van der Waals surface area contributed by atoms with Crippen molar-refractivity contribution in [3.63, 3.8) is 0 Å². The molecular formula is C23H38N2O2. The lowest BCUT2D eigenvalue weighted by Gasteiger charge is -2.23. The molecule has 1 heterocycles. The van der Waals surface area contributed by atoms with Crippen LogP contribution in [-0.4, -0.2) is 43.0 Å². The fourth-order valence-corrected chi connectivity index (χ4v) is 3.57. The van der Waals surface area contributed by atoms with Gasteiger partial charge in [0.15, 0.2) is 0 Å². The average molecular weight is 375 g/mol. The lowest BCUT2D eigenvalue weighted by Crippen LogP contribution is -2.35. The Labute approximate surface area is 165 Å². The van der Waals surface area contributed by atoms with E-state index in [-0.39, 0.29) is 6.04 Å². The van der Waals surface area contributed by atoms with Gasteiger partial charge in [-0.2, -0.15) is 0 Å². The number of hydrogen-bond acceptors (Lipinski definition) is 4. The highest BCUT2D eigenvalue weighted by molar-refractivity contribution is 5.52. The predicted octanol–water partition coefficient (Wildman–Crippen LogP) is 4.39. The van der Waals surface area contributed by atoms with Crippen LogP contribution < -0.4 is 5.73 Å². The highest BCUT2D eigenvalue weighted by atomic mass is 16.5. The number of aldehydes is 1. The number of nitrogens with two attached hydrogens (primary N) is 1. The van der Waals surface area contributed by atoms with Crippen molar-refractivity contribution < 1.29 is 9.53 Å². The van der Waals surface area contributed by atoms with Gasteiger partial charge in [0, 0.05) is 18.6 Å². The fraction of sp³-hybridized carbons (Fsp3) is 0.609. The minimum atomic E-state index is 0.0360. The monoisotopic (exact) mass is 374 g/mol. The van der Waals surface area contributed by atoms with Crippen LogP contribution in [0.25, 0.3) is 0 Å². The first-order chi connectivity index (χ1) is 13.0. The summed E-state index contributed by atoms with van der Waals surface area (Å²) in [6.45, 7) is 10.5. The van der Waals surface area contributed by atoms with Crippen LogP contribution in [0.2, 0.25) is 0 Å². The highest BCUT2D eigenvalue weighted by Gasteiger charge is 2.33. The second-order valence-electron chi connectivity index (χ2n) is 7.53. The highest BCUT2D eigenvalue weighted by Crippen LogP contribution is 2.31. The van der Waals surface area contributed by atoms with E-state index in [1.807, 2.05) is 6.08 Å². The van der Waals surface area contributed by atoms with Crippen molar-refractivity contribution in [2.45, 2.75) is 65.5 Å². The number of likely N-dealkylation sites (tertiary alicyclic amines) is 1. The molecule has 152 valence electrons. The Morgan fingerprint density at radius 3 is 2.74 bits per heavy atom. The minimum Gasteiger partial charge on any atom is -0.501 e. The largest absolute Gasteiger partial charge is 0.501 e. The van der Waals surface area contributed by atoms with Crippen molar-refractivity contribution in [2.24, 2.45) is 11.7 Å². The summed E-state index contributed by atoms with van der Waals surface area (Å²) in [6.07, 6.45) is 17.4. The quantitative estimate of drug-likeness (QED) is 0.181. The summed E-state index contributed by atoms with van der Waals surface area (Å²) in [4.78, 5) is 13.4. The molecule has 0 saturated carbocycles. The van der Waals surface area contributed by atoms with Gasteiger partial charge in [-0.1, -0.05) is 43.7 Å². The minimum absolute atomic E-state index is 0.0360. The smallest absolute Gasteiger partial charge is 0.133 e. The summed E-state index contributed by atoms with van der Waals surface area (Å²) in [7, 11) is 0. The molecule has 0 aromatic rings. The molecule has 0 bridgehead atoms. The maximum Gasteiger partial charge on any atom is 0.133 e. The van der Waals surface area contributed by atoms with Crippen LogP contribution in [0.15, 0.2) is 47.8 Å². The van der Waals surface area contributed by atoms with Crippen molar-refractivity contribution in [3.8, 4) is 0 Å². The van der Waals surface area contributed by atoms with Gasteiger partial charge in [-0.3, -0.25) is 4.90 Å². The van der Waals surface area contributed by atoms with Crippen molar-refractivity contribution in [1.29, 1.82) is 0 Å². The number of ether oxygens (including phenoxy) is 1. The second kappa shape index (κ2) is 13.5. The summed E-state index contributed by atoms with van der Waals surface area (Å²) < 4.78 is 5.44. The van der Waals surface area contributed by atoms with Crippen molar-refractivity contribution in [2.75, 3.05) is 19.7 Å².